The molecule has 0 saturated heterocycles. The molecule has 1 aromatic carbocycles. The number of aliphatic hydroxyl groups excluding tert-OH is 1. The van der Waals surface area contributed by atoms with E-state index in [1.54, 1.807) is 6.07 Å². The highest BCUT2D eigenvalue weighted by molar-refractivity contribution is 9.10. The molecule has 1 aromatic rings. The molecule has 0 heterocycles. The van der Waals surface area contributed by atoms with E-state index >= 15 is 0 Å². The molecule has 0 spiro atoms. The Kier molecular flexibility index (Phi) is 3.49. The van der Waals surface area contributed by atoms with Gasteiger partial charge in [-0.3, -0.25) is 0 Å². The molecule has 0 aliphatic heterocycles. The summed E-state index contributed by atoms with van der Waals surface area (Å²) in [6.45, 7) is 0. The van der Waals surface area contributed by atoms with Crippen LogP contribution in [0.5, 0.6) is 5.75 Å². The third kappa shape index (κ3) is 2.24. The molecule has 0 aliphatic rings. The van der Waals surface area contributed by atoms with Crippen molar-refractivity contribution in [2.24, 2.45) is 0 Å². The van der Waals surface area contributed by atoms with E-state index in [1.807, 2.05) is 0 Å². The smallest absolute Gasteiger partial charge is 0.337 e. The summed E-state index contributed by atoms with van der Waals surface area (Å²) in [7, 11) is 1.51. The van der Waals surface area contributed by atoms with Crippen molar-refractivity contribution >= 4 is 21.9 Å². The molecule has 2 N–H and O–H groups in total. The number of carboxylic acids is 1. The second-order valence-corrected chi connectivity index (χ2v) is 3.49. The molecule has 5 heteroatoms. The van der Waals surface area contributed by atoms with Crippen molar-refractivity contribution in [2.45, 2.75) is 6.10 Å². The Balaban J connectivity index is 3.02. The normalized spacial score (nSPS) is 12.2. The third-order valence-corrected chi connectivity index (χ3v) is 2.35. The largest absolute Gasteiger partial charge is 0.496 e. The molecule has 0 fully saturated rings. The lowest BCUT2D eigenvalue weighted by Gasteiger charge is -2.08. The number of hydrogen-bond donors (Lipinski definition) is 2. The molecule has 0 radical (unpaired) electrons. The molecule has 1 rings (SSSR count). The Bertz CT molecular complexity index is 351. The van der Waals surface area contributed by atoms with Gasteiger partial charge in [-0.1, -0.05) is 6.07 Å². The lowest BCUT2D eigenvalue weighted by atomic mass is 10.1. The van der Waals surface area contributed by atoms with Crippen molar-refractivity contribution in [2.75, 3.05) is 7.11 Å². The van der Waals surface area contributed by atoms with Crippen molar-refractivity contribution in [3.8, 4) is 5.75 Å². The van der Waals surface area contributed by atoms with Crippen LogP contribution in [0.2, 0.25) is 0 Å². The first-order valence-electron chi connectivity index (χ1n) is 3.80. The monoisotopic (exact) mass is 260 g/mol. The Morgan fingerprint density at radius 2 is 2.21 bits per heavy atom. The van der Waals surface area contributed by atoms with Crippen LogP contribution < -0.4 is 4.74 Å². The van der Waals surface area contributed by atoms with Crippen LogP contribution in [-0.4, -0.2) is 23.3 Å². The molecule has 0 aromatic heterocycles. The molecular formula is C9H9BrO4. The lowest BCUT2D eigenvalue weighted by molar-refractivity contribution is -0.146. The van der Waals surface area contributed by atoms with Gasteiger partial charge in [-0.2, -0.15) is 0 Å². The van der Waals surface area contributed by atoms with Gasteiger partial charge in [0.15, 0.2) is 6.10 Å². The van der Waals surface area contributed by atoms with Crippen molar-refractivity contribution in [3.05, 3.63) is 28.2 Å². The maximum atomic E-state index is 10.5. The van der Waals surface area contributed by atoms with E-state index < -0.39 is 12.1 Å². The summed E-state index contributed by atoms with van der Waals surface area (Å²) in [6.07, 6.45) is -1.50. The number of ether oxygens (including phenoxy) is 1. The number of carboxylic acid groups (broad SMARTS) is 1. The number of carbonyl (C=O) groups is 1. The molecule has 0 aliphatic carbocycles. The molecule has 1 atom stereocenters. The van der Waals surface area contributed by atoms with Gasteiger partial charge in [0.05, 0.1) is 11.6 Å². The highest BCUT2D eigenvalue weighted by atomic mass is 79.9. The zero-order valence-corrected chi connectivity index (χ0v) is 8.98. The van der Waals surface area contributed by atoms with Gasteiger partial charge in [-0.25, -0.2) is 4.79 Å². The standard InChI is InChI=1S/C9H9BrO4/c1-14-7-3-2-5(4-6(7)10)8(11)9(12)13/h2-4,8,11H,1H3,(H,12,13)/t8-/m0/s1. The minimum absolute atomic E-state index is 0.310. The van der Waals surface area contributed by atoms with Gasteiger partial charge in [-0.15, -0.1) is 0 Å². The number of benzene rings is 1. The van der Waals surface area contributed by atoms with E-state index in [4.69, 9.17) is 9.84 Å². The van der Waals surface area contributed by atoms with Gasteiger partial charge < -0.3 is 14.9 Å². The van der Waals surface area contributed by atoms with E-state index in [-0.39, 0.29) is 0 Å². The van der Waals surface area contributed by atoms with Crippen LogP contribution in [0, 0.1) is 0 Å². The number of aliphatic hydroxyl groups is 1. The van der Waals surface area contributed by atoms with E-state index in [2.05, 4.69) is 15.9 Å². The second-order valence-electron chi connectivity index (χ2n) is 2.63. The van der Waals surface area contributed by atoms with Gasteiger partial charge in [0.2, 0.25) is 0 Å². The quantitative estimate of drug-likeness (QED) is 0.866. The summed E-state index contributed by atoms with van der Waals surface area (Å²) >= 11 is 3.20. The summed E-state index contributed by atoms with van der Waals surface area (Å²) < 4.78 is 5.57. The molecule has 0 saturated carbocycles. The third-order valence-electron chi connectivity index (χ3n) is 1.73. The fourth-order valence-electron chi connectivity index (χ4n) is 0.995. The minimum atomic E-state index is -1.50. The molecule has 0 bridgehead atoms. The van der Waals surface area contributed by atoms with E-state index in [0.717, 1.165) is 0 Å². The van der Waals surface area contributed by atoms with Gasteiger partial charge >= 0.3 is 5.97 Å². The summed E-state index contributed by atoms with van der Waals surface area (Å²) in [6, 6.07) is 4.60. The topological polar surface area (TPSA) is 66.8 Å². The minimum Gasteiger partial charge on any atom is -0.496 e. The van der Waals surface area contributed by atoms with Gasteiger partial charge in [0.1, 0.15) is 5.75 Å². The van der Waals surface area contributed by atoms with Crippen LogP contribution in [0.3, 0.4) is 0 Å². The van der Waals surface area contributed by atoms with Crippen molar-refractivity contribution in [3.63, 3.8) is 0 Å². The average Bonchev–Trinajstić information content (AvgIpc) is 2.16. The maximum absolute atomic E-state index is 10.5. The fourth-order valence-corrected chi connectivity index (χ4v) is 1.55. The molecule has 4 nitrogen and oxygen atoms in total. The molecule has 0 amide bonds. The predicted molar refractivity (Wildman–Crippen MR) is 53.3 cm³/mol. The van der Waals surface area contributed by atoms with Crippen LogP contribution in [0.25, 0.3) is 0 Å². The Labute approximate surface area is 89.3 Å². The van der Waals surface area contributed by atoms with Crippen molar-refractivity contribution in [1.82, 2.24) is 0 Å². The first-order valence-corrected chi connectivity index (χ1v) is 4.60. The predicted octanol–water partition coefficient (Wildman–Crippen LogP) is 1.58. The first kappa shape index (κ1) is 11.0. The van der Waals surface area contributed by atoms with E-state index in [0.29, 0.717) is 15.8 Å². The Morgan fingerprint density at radius 1 is 1.57 bits per heavy atom. The van der Waals surface area contributed by atoms with Crippen LogP contribution in [0.4, 0.5) is 0 Å². The summed E-state index contributed by atoms with van der Waals surface area (Å²) in [5.41, 5.74) is 0.310. The van der Waals surface area contributed by atoms with Crippen LogP contribution in [0.15, 0.2) is 22.7 Å². The average molecular weight is 261 g/mol. The Morgan fingerprint density at radius 3 is 2.64 bits per heavy atom. The molecule has 0 unspecified atom stereocenters. The maximum Gasteiger partial charge on any atom is 0.337 e. The summed E-state index contributed by atoms with van der Waals surface area (Å²) in [5, 5.41) is 17.8. The van der Waals surface area contributed by atoms with Gasteiger partial charge in [-0.05, 0) is 33.6 Å². The number of methoxy groups -OCH3 is 1. The highest BCUT2D eigenvalue weighted by Crippen LogP contribution is 2.27. The molecule has 14 heavy (non-hydrogen) atoms. The van der Waals surface area contributed by atoms with Gasteiger partial charge in [0.25, 0.3) is 0 Å². The Hall–Kier alpha value is -1.07. The van der Waals surface area contributed by atoms with Crippen LogP contribution in [0.1, 0.15) is 11.7 Å². The molecule has 76 valence electrons. The van der Waals surface area contributed by atoms with Crippen molar-refractivity contribution in [1.29, 1.82) is 0 Å². The van der Waals surface area contributed by atoms with Crippen molar-refractivity contribution < 1.29 is 19.7 Å². The zero-order valence-electron chi connectivity index (χ0n) is 7.40. The number of hydrogen-bond acceptors (Lipinski definition) is 3. The lowest BCUT2D eigenvalue weighted by Crippen LogP contribution is -2.10. The van der Waals surface area contributed by atoms with Gasteiger partial charge in [0, 0.05) is 0 Å². The summed E-state index contributed by atoms with van der Waals surface area (Å²) in [4.78, 5) is 10.5. The van der Waals surface area contributed by atoms with E-state index in [1.165, 1.54) is 19.2 Å². The van der Waals surface area contributed by atoms with E-state index in [9.17, 15) is 9.90 Å². The SMILES string of the molecule is COc1ccc([C@H](O)C(=O)O)cc1Br. The zero-order chi connectivity index (χ0) is 10.7. The van der Waals surface area contributed by atoms with Crippen LogP contribution in [-0.2, 0) is 4.79 Å². The number of rotatable bonds is 3. The number of aliphatic carboxylic acids is 1. The summed E-state index contributed by atoms with van der Waals surface area (Å²) in [5.74, 6) is -0.687. The highest BCUT2D eigenvalue weighted by Gasteiger charge is 2.16. The van der Waals surface area contributed by atoms with Crippen LogP contribution >= 0.6 is 15.9 Å². The molecular weight excluding hydrogens is 252 g/mol. The second kappa shape index (κ2) is 4.43. The fraction of sp³-hybridized carbons (Fsp3) is 0.222. The first-order chi connectivity index (χ1) is 6.56. The number of halogens is 1.